The summed E-state index contributed by atoms with van der Waals surface area (Å²) in [7, 11) is 0. The van der Waals surface area contributed by atoms with Crippen molar-refractivity contribution in [1.82, 2.24) is 9.80 Å². The molecule has 3 aromatic carbocycles. The zero-order chi connectivity index (χ0) is 27.4. The van der Waals surface area contributed by atoms with Crippen LogP contribution in [0.1, 0.15) is 52.4 Å². The van der Waals surface area contributed by atoms with Crippen LogP contribution in [-0.4, -0.2) is 41.9 Å². The molecule has 1 fully saturated rings. The van der Waals surface area contributed by atoms with E-state index < -0.39 is 11.7 Å². The first-order valence-corrected chi connectivity index (χ1v) is 13.0. The Morgan fingerprint density at radius 1 is 1.00 bits per heavy atom. The average Bonchev–Trinajstić information content (AvgIpc) is 3.25. The van der Waals surface area contributed by atoms with Crippen LogP contribution >= 0.6 is 0 Å². The Hall–Kier alpha value is -3.19. The number of carbonyl (C=O) groups is 1. The summed E-state index contributed by atoms with van der Waals surface area (Å²) in [6.45, 7) is 8.62. The van der Waals surface area contributed by atoms with Gasteiger partial charge in [0.2, 0.25) is 0 Å². The minimum absolute atomic E-state index is 0.0786. The third kappa shape index (κ3) is 7.01. The van der Waals surface area contributed by atoms with E-state index in [9.17, 15) is 22.4 Å². The molecule has 0 radical (unpaired) electrons. The maximum Gasteiger partial charge on any atom is 0.416 e. The highest BCUT2D eigenvalue weighted by atomic mass is 19.4. The van der Waals surface area contributed by atoms with E-state index >= 15 is 0 Å². The molecule has 0 unspecified atom stereocenters. The summed E-state index contributed by atoms with van der Waals surface area (Å²) in [6, 6.07) is 19.4. The molecule has 1 amide bonds. The van der Waals surface area contributed by atoms with Gasteiger partial charge in [-0.3, -0.25) is 9.69 Å². The Bertz CT molecular complexity index is 1240. The lowest BCUT2D eigenvalue weighted by molar-refractivity contribution is -0.137. The number of halogens is 4. The maximum atomic E-state index is 13.8. The second-order valence-electron chi connectivity index (χ2n) is 10.8. The smallest absolute Gasteiger partial charge is 0.338 e. The maximum absolute atomic E-state index is 13.8. The van der Waals surface area contributed by atoms with Gasteiger partial charge in [0, 0.05) is 44.2 Å². The fraction of sp³-hybridized carbons (Fsp3) is 0.387. The lowest BCUT2D eigenvalue weighted by Gasteiger charge is -2.30. The van der Waals surface area contributed by atoms with Crippen molar-refractivity contribution in [2.75, 3.05) is 26.2 Å². The van der Waals surface area contributed by atoms with Gasteiger partial charge in [0.25, 0.3) is 5.91 Å². The van der Waals surface area contributed by atoms with Crippen LogP contribution in [0.2, 0.25) is 0 Å². The Morgan fingerprint density at radius 3 is 2.37 bits per heavy atom. The molecule has 0 spiro atoms. The van der Waals surface area contributed by atoms with E-state index in [1.54, 1.807) is 12.1 Å². The standard InChI is InChI=1S/C31H34F4N2O/c1-21(2)16-37(30(38)24-12-10-22(3)11-13-24)19-26-18-36(17-23-6-4-9-28(32)14-23)20-29(26)25-7-5-8-27(15-25)31(33,34)35/h4-15,21,26,29H,16-20H2,1-3H3/t26-,29-/m1/s1. The normalized spacial score (nSPS) is 18.2. The van der Waals surface area contributed by atoms with E-state index in [0.717, 1.165) is 17.2 Å². The van der Waals surface area contributed by atoms with Gasteiger partial charge in [-0.15, -0.1) is 0 Å². The van der Waals surface area contributed by atoms with Gasteiger partial charge in [0.15, 0.2) is 0 Å². The molecule has 0 saturated carbocycles. The average molecular weight is 527 g/mol. The van der Waals surface area contributed by atoms with Gasteiger partial charge in [-0.25, -0.2) is 4.39 Å². The van der Waals surface area contributed by atoms with Gasteiger partial charge in [0.05, 0.1) is 5.56 Å². The van der Waals surface area contributed by atoms with Crippen molar-refractivity contribution in [3.8, 4) is 0 Å². The Balaban J connectivity index is 1.63. The molecule has 0 N–H and O–H groups in total. The van der Waals surface area contributed by atoms with Crippen molar-refractivity contribution in [2.24, 2.45) is 11.8 Å². The summed E-state index contributed by atoms with van der Waals surface area (Å²) in [5.41, 5.74) is 2.40. The number of benzene rings is 3. The molecule has 3 aromatic rings. The molecule has 0 aliphatic carbocycles. The van der Waals surface area contributed by atoms with Crippen molar-refractivity contribution in [3.05, 3.63) is 106 Å². The van der Waals surface area contributed by atoms with Crippen LogP contribution < -0.4 is 0 Å². The van der Waals surface area contributed by atoms with Gasteiger partial charge in [-0.05, 0) is 60.2 Å². The number of hydrogen-bond acceptors (Lipinski definition) is 2. The summed E-state index contributed by atoms with van der Waals surface area (Å²) in [6.07, 6.45) is -4.43. The number of carbonyl (C=O) groups excluding carboxylic acids is 1. The van der Waals surface area contributed by atoms with Crippen LogP contribution in [0.25, 0.3) is 0 Å². The van der Waals surface area contributed by atoms with Crippen molar-refractivity contribution < 1.29 is 22.4 Å². The molecule has 1 aliphatic heterocycles. The van der Waals surface area contributed by atoms with E-state index in [1.807, 2.05) is 56.0 Å². The molecular formula is C31H34F4N2O. The van der Waals surface area contributed by atoms with Crippen LogP contribution in [-0.2, 0) is 12.7 Å². The number of aryl methyl sites for hydroxylation is 1. The molecule has 0 bridgehead atoms. The van der Waals surface area contributed by atoms with Gasteiger partial charge >= 0.3 is 6.18 Å². The first-order valence-electron chi connectivity index (χ1n) is 13.0. The molecule has 1 heterocycles. The third-order valence-corrected chi connectivity index (χ3v) is 7.08. The minimum Gasteiger partial charge on any atom is -0.338 e. The minimum atomic E-state index is -4.43. The molecule has 38 heavy (non-hydrogen) atoms. The largest absolute Gasteiger partial charge is 0.416 e. The fourth-order valence-electron chi connectivity index (χ4n) is 5.33. The van der Waals surface area contributed by atoms with Crippen molar-refractivity contribution in [3.63, 3.8) is 0 Å². The summed E-state index contributed by atoms with van der Waals surface area (Å²) in [4.78, 5) is 17.5. The van der Waals surface area contributed by atoms with Gasteiger partial charge < -0.3 is 4.90 Å². The number of hydrogen-bond donors (Lipinski definition) is 0. The first-order chi connectivity index (χ1) is 18.0. The molecular weight excluding hydrogens is 492 g/mol. The highest BCUT2D eigenvalue weighted by molar-refractivity contribution is 5.94. The SMILES string of the molecule is Cc1ccc(C(=O)N(CC(C)C)C[C@H]2CN(Cc3cccc(F)c3)C[C@@H]2c2cccc(C(F)(F)F)c2)cc1. The van der Waals surface area contributed by atoms with Gasteiger partial charge in [0.1, 0.15) is 5.82 Å². The molecule has 2 atom stereocenters. The number of alkyl halides is 3. The topological polar surface area (TPSA) is 23.6 Å². The second kappa shape index (κ2) is 11.7. The lowest BCUT2D eigenvalue weighted by Crippen LogP contribution is -2.39. The predicted octanol–water partition coefficient (Wildman–Crippen LogP) is 7.17. The number of amides is 1. The fourth-order valence-corrected chi connectivity index (χ4v) is 5.33. The lowest BCUT2D eigenvalue weighted by atomic mass is 9.87. The zero-order valence-electron chi connectivity index (χ0n) is 22.0. The Kier molecular flexibility index (Phi) is 8.56. The van der Waals surface area contributed by atoms with Crippen LogP contribution in [0.4, 0.5) is 17.6 Å². The Labute approximate surface area is 222 Å². The molecule has 3 nitrogen and oxygen atoms in total. The van der Waals surface area contributed by atoms with E-state index in [0.29, 0.717) is 43.9 Å². The van der Waals surface area contributed by atoms with Gasteiger partial charge in [-0.2, -0.15) is 13.2 Å². The summed E-state index contributed by atoms with van der Waals surface area (Å²) >= 11 is 0. The molecule has 202 valence electrons. The number of rotatable bonds is 8. The molecule has 0 aromatic heterocycles. The molecule has 1 aliphatic rings. The third-order valence-electron chi connectivity index (χ3n) is 7.08. The van der Waals surface area contributed by atoms with Crippen molar-refractivity contribution >= 4 is 5.91 Å². The highest BCUT2D eigenvalue weighted by Crippen LogP contribution is 2.37. The summed E-state index contributed by atoms with van der Waals surface area (Å²) in [5.74, 6) is -0.461. The van der Waals surface area contributed by atoms with Crippen LogP contribution in [0.5, 0.6) is 0 Å². The molecule has 1 saturated heterocycles. The first kappa shape index (κ1) is 27.8. The zero-order valence-corrected chi connectivity index (χ0v) is 22.0. The summed E-state index contributed by atoms with van der Waals surface area (Å²) in [5, 5.41) is 0. The van der Waals surface area contributed by atoms with E-state index in [-0.39, 0.29) is 29.5 Å². The Morgan fingerprint density at radius 2 is 1.71 bits per heavy atom. The van der Waals surface area contributed by atoms with Crippen molar-refractivity contribution in [1.29, 1.82) is 0 Å². The van der Waals surface area contributed by atoms with Crippen LogP contribution in [0.15, 0.2) is 72.8 Å². The van der Waals surface area contributed by atoms with E-state index in [2.05, 4.69) is 4.90 Å². The van der Waals surface area contributed by atoms with E-state index in [1.165, 1.54) is 24.3 Å². The summed E-state index contributed by atoms with van der Waals surface area (Å²) < 4.78 is 54.4. The van der Waals surface area contributed by atoms with Gasteiger partial charge in [-0.1, -0.05) is 61.9 Å². The molecule has 7 heteroatoms. The van der Waals surface area contributed by atoms with Crippen LogP contribution in [0.3, 0.4) is 0 Å². The molecule has 4 rings (SSSR count). The van der Waals surface area contributed by atoms with E-state index in [4.69, 9.17) is 0 Å². The number of likely N-dealkylation sites (tertiary alicyclic amines) is 1. The highest BCUT2D eigenvalue weighted by Gasteiger charge is 2.38. The predicted molar refractivity (Wildman–Crippen MR) is 141 cm³/mol. The number of nitrogens with zero attached hydrogens (tertiary/aromatic N) is 2. The quantitative estimate of drug-likeness (QED) is 0.291. The second-order valence-corrected chi connectivity index (χ2v) is 10.8. The van der Waals surface area contributed by atoms with Crippen LogP contribution in [0, 0.1) is 24.6 Å². The van der Waals surface area contributed by atoms with Crippen molar-refractivity contribution in [2.45, 2.75) is 39.4 Å². The monoisotopic (exact) mass is 526 g/mol.